The summed E-state index contributed by atoms with van der Waals surface area (Å²) in [6, 6.07) is 12.0. The van der Waals surface area contributed by atoms with Gasteiger partial charge in [-0.3, -0.25) is 14.9 Å². The lowest BCUT2D eigenvalue weighted by molar-refractivity contribution is -0.907. The summed E-state index contributed by atoms with van der Waals surface area (Å²) in [5.74, 6) is 0.0706. The number of amides is 1. The van der Waals surface area contributed by atoms with Crippen molar-refractivity contribution in [2.45, 2.75) is 19.5 Å². The van der Waals surface area contributed by atoms with E-state index in [0.29, 0.717) is 12.2 Å². The highest BCUT2D eigenvalue weighted by Gasteiger charge is 2.23. The van der Waals surface area contributed by atoms with Crippen LogP contribution in [0, 0.1) is 10.1 Å². The number of nitrogens with one attached hydrogen (secondary N) is 2. The quantitative estimate of drug-likeness (QED) is 0.532. The van der Waals surface area contributed by atoms with Crippen molar-refractivity contribution in [1.29, 1.82) is 0 Å². The number of benzene rings is 2. The number of non-ortho nitro benzene ring substituents is 1. The standard InChI is InChI=1S/C20H26N4O4/c1-14(23(4)13-15-6-8-16(9-7-15)22(2)3)20(25)21-18-11-10-17(24(26)27)12-19(18)28-5/h6-12,14H,13H2,1-5H3,(H,21,25)/p+1/t14-/m0/s1. The van der Waals surface area contributed by atoms with E-state index >= 15 is 0 Å². The van der Waals surface area contributed by atoms with Crippen LogP contribution in [0.15, 0.2) is 42.5 Å². The summed E-state index contributed by atoms with van der Waals surface area (Å²) >= 11 is 0. The molecule has 2 aromatic rings. The number of nitro benzene ring substituents is 1. The third-order valence-corrected chi connectivity index (χ3v) is 4.72. The van der Waals surface area contributed by atoms with E-state index in [1.165, 1.54) is 25.3 Å². The highest BCUT2D eigenvalue weighted by molar-refractivity contribution is 5.95. The second-order valence-corrected chi connectivity index (χ2v) is 6.94. The third kappa shape index (κ3) is 5.20. The van der Waals surface area contributed by atoms with Crippen molar-refractivity contribution in [3.63, 3.8) is 0 Å². The minimum atomic E-state index is -0.504. The van der Waals surface area contributed by atoms with Gasteiger partial charge in [-0.1, -0.05) is 12.1 Å². The van der Waals surface area contributed by atoms with E-state index < -0.39 is 4.92 Å². The van der Waals surface area contributed by atoms with Gasteiger partial charge in [0.1, 0.15) is 12.3 Å². The second-order valence-electron chi connectivity index (χ2n) is 6.94. The fraction of sp³-hybridized carbons (Fsp3) is 0.350. The van der Waals surface area contributed by atoms with E-state index in [-0.39, 0.29) is 23.4 Å². The molecule has 2 atom stereocenters. The smallest absolute Gasteiger partial charge is 0.282 e. The summed E-state index contributed by atoms with van der Waals surface area (Å²) in [5, 5.41) is 13.7. The average Bonchev–Trinajstić information content (AvgIpc) is 2.67. The van der Waals surface area contributed by atoms with Gasteiger partial charge in [0.05, 0.1) is 30.8 Å². The molecular formula is C20H27N4O4+. The van der Waals surface area contributed by atoms with E-state index in [1.54, 1.807) is 0 Å². The molecule has 0 saturated heterocycles. The van der Waals surface area contributed by atoms with Crippen LogP contribution < -0.4 is 19.9 Å². The number of likely N-dealkylation sites (N-methyl/N-ethyl adjacent to an activating group) is 1. The Labute approximate surface area is 164 Å². The molecule has 1 amide bonds. The number of carbonyl (C=O) groups is 1. The molecule has 0 aromatic heterocycles. The zero-order valence-corrected chi connectivity index (χ0v) is 16.9. The summed E-state index contributed by atoms with van der Waals surface area (Å²) < 4.78 is 5.17. The maximum atomic E-state index is 12.6. The number of hydrogen-bond acceptors (Lipinski definition) is 5. The van der Waals surface area contributed by atoms with Crippen molar-refractivity contribution in [1.82, 2.24) is 0 Å². The first-order valence-electron chi connectivity index (χ1n) is 8.94. The molecule has 0 radical (unpaired) electrons. The van der Waals surface area contributed by atoms with Gasteiger partial charge in [-0.05, 0) is 25.1 Å². The van der Waals surface area contributed by atoms with E-state index in [2.05, 4.69) is 29.6 Å². The number of nitrogens with zero attached hydrogens (tertiary/aromatic N) is 2. The number of carbonyl (C=O) groups excluding carboxylic acids is 1. The van der Waals surface area contributed by atoms with Crippen LogP contribution in [0.4, 0.5) is 17.1 Å². The van der Waals surface area contributed by atoms with Gasteiger partial charge in [-0.25, -0.2) is 0 Å². The van der Waals surface area contributed by atoms with Crippen LogP contribution in [0.2, 0.25) is 0 Å². The molecule has 8 heteroatoms. The van der Waals surface area contributed by atoms with Gasteiger partial charge in [-0.15, -0.1) is 0 Å². The van der Waals surface area contributed by atoms with Gasteiger partial charge in [0.25, 0.3) is 11.6 Å². The summed E-state index contributed by atoms with van der Waals surface area (Å²) in [5.41, 5.74) is 2.58. The van der Waals surface area contributed by atoms with Crippen molar-refractivity contribution >= 4 is 23.0 Å². The van der Waals surface area contributed by atoms with E-state index in [0.717, 1.165) is 16.2 Å². The molecule has 0 bridgehead atoms. The molecule has 0 spiro atoms. The van der Waals surface area contributed by atoms with Crippen molar-refractivity contribution in [2.75, 3.05) is 38.5 Å². The molecule has 1 unspecified atom stereocenters. The minimum absolute atomic E-state index is 0.0909. The highest BCUT2D eigenvalue weighted by Crippen LogP contribution is 2.29. The number of nitro groups is 1. The van der Waals surface area contributed by atoms with E-state index in [4.69, 9.17) is 4.74 Å². The maximum absolute atomic E-state index is 12.6. The molecule has 2 rings (SSSR count). The van der Waals surface area contributed by atoms with Crippen LogP contribution in [0.25, 0.3) is 0 Å². The Balaban J connectivity index is 2.04. The second kappa shape index (κ2) is 9.18. The van der Waals surface area contributed by atoms with Crippen molar-refractivity contribution in [2.24, 2.45) is 0 Å². The third-order valence-electron chi connectivity index (χ3n) is 4.72. The number of quaternary nitrogens is 1. The normalized spacial score (nSPS) is 12.8. The van der Waals surface area contributed by atoms with E-state index in [1.807, 2.05) is 33.0 Å². The van der Waals surface area contributed by atoms with Gasteiger partial charge in [0.15, 0.2) is 6.04 Å². The Bertz CT molecular complexity index is 837. The molecule has 0 fully saturated rings. The van der Waals surface area contributed by atoms with Crippen LogP contribution in [-0.4, -0.2) is 45.1 Å². The number of rotatable bonds is 8. The first kappa shape index (κ1) is 21.2. The predicted octanol–water partition coefficient (Wildman–Crippen LogP) is 1.71. The Morgan fingerprint density at radius 1 is 1.25 bits per heavy atom. The maximum Gasteiger partial charge on any atom is 0.282 e. The number of anilines is 2. The zero-order chi connectivity index (χ0) is 20.8. The molecule has 2 aromatic carbocycles. The first-order chi connectivity index (χ1) is 13.2. The first-order valence-corrected chi connectivity index (χ1v) is 8.94. The Hall–Kier alpha value is -3.13. The monoisotopic (exact) mass is 387 g/mol. The lowest BCUT2D eigenvalue weighted by Crippen LogP contribution is -3.12. The molecule has 28 heavy (non-hydrogen) atoms. The molecular weight excluding hydrogens is 360 g/mol. The molecule has 150 valence electrons. The lowest BCUT2D eigenvalue weighted by atomic mass is 10.1. The Kier molecular flexibility index (Phi) is 6.94. The van der Waals surface area contributed by atoms with Crippen molar-refractivity contribution in [3.8, 4) is 5.75 Å². The van der Waals surface area contributed by atoms with Crippen LogP contribution in [0.1, 0.15) is 12.5 Å². The van der Waals surface area contributed by atoms with E-state index in [9.17, 15) is 14.9 Å². The van der Waals surface area contributed by atoms with Gasteiger partial charge < -0.3 is 19.9 Å². The fourth-order valence-electron chi connectivity index (χ4n) is 2.75. The van der Waals surface area contributed by atoms with Gasteiger partial charge >= 0.3 is 0 Å². The van der Waals surface area contributed by atoms with Gasteiger partial charge in [0.2, 0.25) is 0 Å². The Morgan fingerprint density at radius 2 is 1.89 bits per heavy atom. The van der Waals surface area contributed by atoms with Crippen LogP contribution in [0.5, 0.6) is 5.75 Å². The average molecular weight is 387 g/mol. The number of hydrogen-bond donors (Lipinski definition) is 2. The highest BCUT2D eigenvalue weighted by atomic mass is 16.6. The van der Waals surface area contributed by atoms with Crippen LogP contribution in [-0.2, 0) is 11.3 Å². The molecule has 8 nitrogen and oxygen atoms in total. The molecule has 0 saturated carbocycles. The summed E-state index contributed by atoms with van der Waals surface area (Å²) in [4.78, 5) is 26.1. The Morgan fingerprint density at radius 3 is 2.43 bits per heavy atom. The molecule has 0 heterocycles. The zero-order valence-electron chi connectivity index (χ0n) is 16.9. The van der Waals surface area contributed by atoms with Crippen LogP contribution >= 0.6 is 0 Å². The lowest BCUT2D eigenvalue weighted by Gasteiger charge is -2.22. The topological polar surface area (TPSA) is 89.1 Å². The summed E-state index contributed by atoms with van der Waals surface area (Å²) in [7, 11) is 7.35. The fourth-order valence-corrected chi connectivity index (χ4v) is 2.75. The van der Waals surface area contributed by atoms with Crippen molar-refractivity contribution < 1.29 is 19.4 Å². The molecule has 0 aliphatic carbocycles. The largest absolute Gasteiger partial charge is 0.494 e. The summed E-state index contributed by atoms with van der Waals surface area (Å²) in [6.07, 6.45) is 0. The predicted molar refractivity (Wildman–Crippen MR) is 109 cm³/mol. The SMILES string of the molecule is COc1cc([N+](=O)[O-])ccc1NC(=O)[C@H](C)[NH+](C)Cc1ccc(N(C)C)cc1. The molecule has 0 aliphatic rings. The minimum Gasteiger partial charge on any atom is -0.494 e. The number of ether oxygens (including phenoxy) is 1. The van der Waals surface area contributed by atoms with Crippen LogP contribution in [0.3, 0.4) is 0 Å². The number of methoxy groups -OCH3 is 1. The molecule has 0 aliphatic heterocycles. The van der Waals surface area contributed by atoms with Gasteiger partial charge in [-0.2, -0.15) is 0 Å². The molecule has 2 N–H and O–H groups in total. The summed E-state index contributed by atoms with van der Waals surface area (Å²) in [6.45, 7) is 2.54. The van der Waals surface area contributed by atoms with Gasteiger partial charge in [0, 0.05) is 31.4 Å². The van der Waals surface area contributed by atoms with Crippen molar-refractivity contribution in [3.05, 3.63) is 58.1 Å².